The van der Waals surface area contributed by atoms with Crippen molar-refractivity contribution in [2.75, 3.05) is 11.5 Å². The van der Waals surface area contributed by atoms with Gasteiger partial charge in [0.25, 0.3) is 0 Å². The molecular weight excluding hydrogens is 202 g/mol. The predicted octanol–water partition coefficient (Wildman–Crippen LogP) is -0.405. The Morgan fingerprint density at radius 1 is 1.64 bits per heavy atom. The Bertz CT molecular complexity index is 259. The number of hydrogen-bond acceptors (Lipinski definition) is 4. The second-order valence-corrected chi connectivity index (χ2v) is 5.84. The Morgan fingerprint density at radius 3 is 2.64 bits per heavy atom. The van der Waals surface area contributed by atoms with E-state index in [1.807, 2.05) is 0 Å². The van der Waals surface area contributed by atoms with Gasteiger partial charge < -0.3 is 30.2 Å². The molecule has 1 aliphatic heterocycles. The Labute approximate surface area is 76.9 Å². The summed E-state index contributed by atoms with van der Waals surface area (Å²) in [5.41, 5.74) is 0. The van der Waals surface area contributed by atoms with E-state index in [1.165, 1.54) is 0 Å². The standard InChI is InChI=1S/C5H9NO2S3/c7-11(8)2-1-4(3-11)6-5(9)10/h4H,1-3H2,(H2,6,9,10)/p-1/t4-/m1/s1. The molecule has 1 atom stereocenters. The summed E-state index contributed by atoms with van der Waals surface area (Å²) in [6.45, 7) is 0. The summed E-state index contributed by atoms with van der Waals surface area (Å²) in [5, 5.41) is 2.76. The van der Waals surface area contributed by atoms with Crippen LogP contribution in [0.3, 0.4) is 0 Å². The average Bonchev–Trinajstić information content (AvgIpc) is 2.08. The summed E-state index contributed by atoms with van der Waals surface area (Å²) in [5.74, 6) is 0.423. The van der Waals surface area contributed by atoms with Gasteiger partial charge in [0.15, 0.2) is 9.84 Å². The molecule has 6 heteroatoms. The fraction of sp³-hybridized carbons (Fsp3) is 0.800. The summed E-state index contributed by atoms with van der Waals surface area (Å²) in [6.07, 6.45) is 0.624. The van der Waals surface area contributed by atoms with Crippen molar-refractivity contribution in [3.8, 4) is 0 Å². The second-order valence-electron chi connectivity index (χ2n) is 2.53. The van der Waals surface area contributed by atoms with Gasteiger partial charge in [0.2, 0.25) is 0 Å². The lowest BCUT2D eigenvalue weighted by Gasteiger charge is -2.14. The molecule has 0 spiro atoms. The van der Waals surface area contributed by atoms with Crippen molar-refractivity contribution in [2.24, 2.45) is 0 Å². The molecule has 0 aliphatic carbocycles. The Morgan fingerprint density at radius 2 is 2.27 bits per heavy atom. The minimum absolute atomic E-state index is 0.0509. The van der Waals surface area contributed by atoms with E-state index in [0.29, 0.717) is 6.42 Å². The number of hydrogen-bond donors (Lipinski definition) is 1. The van der Waals surface area contributed by atoms with E-state index in [-0.39, 0.29) is 21.9 Å². The smallest absolute Gasteiger partial charge is 0.152 e. The van der Waals surface area contributed by atoms with Crippen molar-refractivity contribution in [3.63, 3.8) is 0 Å². The first-order valence-corrected chi connectivity index (χ1v) is 5.81. The first kappa shape index (κ1) is 9.15. The molecule has 1 fully saturated rings. The fourth-order valence-corrected chi connectivity index (χ4v) is 3.08. The maximum absolute atomic E-state index is 10.9. The minimum Gasteiger partial charge on any atom is -0.412 e. The van der Waals surface area contributed by atoms with Gasteiger partial charge in [-0.1, -0.05) is 4.32 Å². The van der Waals surface area contributed by atoms with Gasteiger partial charge in [0, 0.05) is 6.04 Å². The molecule has 1 aliphatic rings. The van der Waals surface area contributed by atoms with Gasteiger partial charge in [-0.05, 0) is 6.42 Å². The van der Waals surface area contributed by atoms with Crippen LogP contribution in [0.15, 0.2) is 0 Å². The van der Waals surface area contributed by atoms with Crippen LogP contribution in [0.4, 0.5) is 0 Å². The van der Waals surface area contributed by atoms with E-state index in [0.717, 1.165) is 0 Å². The van der Waals surface area contributed by atoms with E-state index >= 15 is 0 Å². The lowest BCUT2D eigenvalue weighted by molar-refractivity contribution is 0.600. The monoisotopic (exact) mass is 210 g/mol. The first-order chi connectivity index (χ1) is 4.99. The average molecular weight is 210 g/mol. The summed E-state index contributed by atoms with van der Waals surface area (Å²) in [6, 6.07) is -0.0509. The van der Waals surface area contributed by atoms with Crippen LogP contribution in [0.5, 0.6) is 0 Å². The summed E-state index contributed by atoms with van der Waals surface area (Å²) >= 11 is 9.23. The molecule has 1 heterocycles. The van der Waals surface area contributed by atoms with Gasteiger partial charge in [-0.15, -0.1) is 0 Å². The predicted molar refractivity (Wildman–Crippen MR) is 50.2 cm³/mol. The molecule has 0 radical (unpaired) electrons. The van der Waals surface area contributed by atoms with E-state index in [2.05, 4.69) is 30.2 Å². The maximum Gasteiger partial charge on any atom is 0.152 e. The molecule has 0 bridgehead atoms. The zero-order valence-corrected chi connectivity index (χ0v) is 8.19. The third kappa shape index (κ3) is 2.88. The molecule has 0 saturated carbocycles. The number of sulfone groups is 1. The Kier molecular flexibility index (Phi) is 2.66. The third-order valence-corrected chi connectivity index (χ3v) is 3.56. The zero-order chi connectivity index (χ0) is 8.48. The van der Waals surface area contributed by atoms with Crippen LogP contribution >= 0.6 is 12.2 Å². The minimum atomic E-state index is -2.81. The normalized spacial score (nSPS) is 28.2. The summed E-state index contributed by atoms with van der Waals surface area (Å²) in [7, 11) is -2.81. The van der Waals surface area contributed by atoms with Crippen molar-refractivity contribution >= 4 is 39.0 Å². The molecule has 0 aromatic carbocycles. The highest BCUT2D eigenvalue weighted by Crippen LogP contribution is 2.10. The number of nitrogens with one attached hydrogen (secondary N) is 1. The van der Waals surface area contributed by atoms with Gasteiger partial charge in [0.1, 0.15) is 0 Å². The van der Waals surface area contributed by atoms with Crippen LogP contribution in [-0.2, 0) is 22.5 Å². The highest BCUT2D eigenvalue weighted by Gasteiger charge is 2.26. The highest BCUT2D eigenvalue weighted by atomic mass is 32.2. The molecule has 1 saturated heterocycles. The SMILES string of the molecule is O=S1(=O)CC[C@@H](NC(=S)[S-])C1. The van der Waals surface area contributed by atoms with Crippen molar-refractivity contribution in [2.45, 2.75) is 12.5 Å². The van der Waals surface area contributed by atoms with Crippen molar-refractivity contribution in [1.29, 1.82) is 0 Å². The molecule has 11 heavy (non-hydrogen) atoms. The largest absolute Gasteiger partial charge is 0.412 e. The summed E-state index contributed by atoms with van der Waals surface area (Å²) in [4.78, 5) is 0. The molecule has 0 unspecified atom stereocenters. The number of rotatable bonds is 1. The molecule has 0 amide bonds. The number of thiocarbonyl (C=S) groups is 1. The van der Waals surface area contributed by atoms with Crippen molar-refractivity contribution in [1.82, 2.24) is 5.32 Å². The maximum atomic E-state index is 10.9. The van der Waals surface area contributed by atoms with Gasteiger partial charge in [-0.3, -0.25) is 0 Å². The van der Waals surface area contributed by atoms with Gasteiger partial charge in [0.05, 0.1) is 11.5 Å². The molecule has 1 rings (SSSR count). The Balaban J connectivity index is 2.49. The van der Waals surface area contributed by atoms with E-state index in [9.17, 15) is 8.42 Å². The van der Waals surface area contributed by atoms with Gasteiger partial charge in [-0.25, -0.2) is 8.42 Å². The molecule has 0 aromatic heterocycles. The summed E-state index contributed by atoms with van der Waals surface area (Å²) < 4.78 is 22.1. The van der Waals surface area contributed by atoms with Crippen molar-refractivity contribution in [3.05, 3.63) is 0 Å². The van der Waals surface area contributed by atoms with E-state index in [4.69, 9.17) is 0 Å². The quantitative estimate of drug-likeness (QED) is 0.471. The van der Waals surface area contributed by atoms with Crippen LogP contribution in [0.2, 0.25) is 0 Å². The third-order valence-electron chi connectivity index (χ3n) is 1.55. The fourth-order valence-electron chi connectivity index (χ4n) is 1.08. The second kappa shape index (κ2) is 3.20. The van der Waals surface area contributed by atoms with E-state index in [1.54, 1.807) is 0 Å². The van der Waals surface area contributed by atoms with Crippen LogP contribution in [0.1, 0.15) is 6.42 Å². The van der Waals surface area contributed by atoms with Crippen LogP contribution < -0.4 is 5.32 Å². The molecule has 0 aromatic rings. The Hall–Kier alpha value is 0.0600. The lowest BCUT2D eigenvalue weighted by atomic mass is 10.3. The highest BCUT2D eigenvalue weighted by molar-refractivity contribution is 8.00. The molecular formula is C5H8NO2S3-. The molecule has 3 nitrogen and oxygen atoms in total. The van der Waals surface area contributed by atoms with E-state index < -0.39 is 9.84 Å². The molecule has 64 valence electrons. The first-order valence-electron chi connectivity index (χ1n) is 3.17. The van der Waals surface area contributed by atoms with Crippen LogP contribution in [0, 0.1) is 0 Å². The molecule has 1 N–H and O–H groups in total. The van der Waals surface area contributed by atoms with Crippen LogP contribution in [-0.4, -0.2) is 30.3 Å². The topological polar surface area (TPSA) is 46.2 Å². The lowest BCUT2D eigenvalue weighted by Crippen LogP contribution is -2.33. The van der Waals surface area contributed by atoms with Crippen LogP contribution in [0.25, 0.3) is 0 Å². The van der Waals surface area contributed by atoms with Gasteiger partial charge >= 0.3 is 0 Å². The van der Waals surface area contributed by atoms with Crippen molar-refractivity contribution < 1.29 is 8.42 Å². The van der Waals surface area contributed by atoms with Gasteiger partial charge in [-0.2, -0.15) is 0 Å². The zero-order valence-electron chi connectivity index (χ0n) is 5.74.